The van der Waals surface area contributed by atoms with Crippen molar-refractivity contribution in [3.05, 3.63) is 21.4 Å². The summed E-state index contributed by atoms with van der Waals surface area (Å²) >= 11 is 1.69. The molecule has 5 heteroatoms. The largest absolute Gasteiger partial charge is 0.350 e. The minimum Gasteiger partial charge on any atom is -0.350 e. The first kappa shape index (κ1) is 17.5. The van der Waals surface area contributed by atoms with Gasteiger partial charge in [0.2, 0.25) is 0 Å². The van der Waals surface area contributed by atoms with Crippen LogP contribution in [0.1, 0.15) is 52.7 Å². The van der Waals surface area contributed by atoms with Gasteiger partial charge in [-0.3, -0.25) is 4.79 Å². The Labute approximate surface area is 131 Å². The highest BCUT2D eigenvalue weighted by atomic mass is 35.5. The van der Waals surface area contributed by atoms with E-state index in [1.54, 1.807) is 11.3 Å². The van der Waals surface area contributed by atoms with Crippen molar-refractivity contribution in [1.29, 1.82) is 0 Å². The molecule has 0 aliphatic heterocycles. The fraction of sp³-hybridized carbons (Fsp3) is 0.667. The van der Waals surface area contributed by atoms with E-state index >= 15 is 0 Å². The molecule has 0 radical (unpaired) electrons. The molecule has 0 aromatic carbocycles. The fourth-order valence-electron chi connectivity index (χ4n) is 2.43. The Kier molecular flexibility index (Phi) is 8.19. The SMILES string of the molecule is CCCNCCNC(=O)c1cc2c(s1)CCCCC2.Cl. The van der Waals surface area contributed by atoms with Gasteiger partial charge in [0, 0.05) is 18.0 Å². The van der Waals surface area contributed by atoms with Crippen LogP contribution in [0, 0.1) is 0 Å². The van der Waals surface area contributed by atoms with Crippen LogP contribution < -0.4 is 10.6 Å². The van der Waals surface area contributed by atoms with Gasteiger partial charge in [-0.15, -0.1) is 23.7 Å². The lowest BCUT2D eigenvalue weighted by atomic mass is 10.1. The first-order valence-electron chi connectivity index (χ1n) is 7.41. The molecule has 0 saturated heterocycles. The summed E-state index contributed by atoms with van der Waals surface area (Å²) in [6.07, 6.45) is 7.31. The van der Waals surface area contributed by atoms with Crippen molar-refractivity contribution < 1.29 is 4.79 Å². The Balaban J connectivity index is 0.00000200. The van der Waals surface area contributed by atoms with E-state index < -0.39 is 0 Å². The highest BCUT2D eigenvalue weighted by molar-refractivity contribution is 7.14. The minimum absolute atomic E-state index is 0. The lowest BCUT2D eigenvalue weighted by Crippen LogP contribution is -2.31. The zero-order chi connectivity index (χ0) is 13.5. The number of fused-ring (bicyclic) bond motifs is 1. The van der Waals surface area contributed by atoms with Gasteiger partial charge in [0.25, 0.3) is 5.91 Å². The second-order valence-corrected chi connectivity index (χ2v) is 6.26. The molecule has 2 rings (SSSR count). The molecule has 0 fully saturated rings. The zero-order valence-corrected chi connectivity index (χ0v) is 13.8. The van der Waals surface area contributed by atoms with Crippen molar-refractivity contribution in [2.24, 2.45) is 0 Å². The third-order valence-electron chi connectivity index (χ3n) is 3.48. The Hall–Kier alpha value is -0.580. The number of carbonyl (C=O) groups excluding carboxylic acids is 1. The van der Waals surface area contributed by atoms with Gasteiger partial charge >= 0.3 is 0 Å². The van der Waals surface area contributed by atoms with Crippen LogP contribution in [0.15, 0.2) is 6.07 Å². The van der Waals surface area contributed by atoms with E-state index in [2.05, 4.69) is 23.6 Å². The number of hydrogen-bond acceptors (Lipinski definition) is 3. The third-order valence-corrected chi connectivity index (χ3v) is 4.72. The average Bonchev–Trinajstić information content (AvgIpc) is 2.70. The van der Waals surface area contributed by atoms with Crippen molar-refractivity contribution in [2.45, 2.75) is 45.4 Å². The van der Waals surface area contributed by atoms with E-state index in [9.17, 15) is 4.79 Å². The van der Waals surface area contributed by atoms with Gasteiger partial charge in [-0.25, -0.2) is 0 Å². The number of nitrogens with one attached hydrogen (secondary N) is 2. The number of carbonyl (C=O) groups is 1. The van der Waals surface area contributed by atoms with Gasteiger partial charge in [-0.2, -0.15) is 0 Å². The van der Waals surface area contributed by atoms with E-state index in [1.807, 2.05) is 0 Å². The van der Waals surface area contributed by atoms with Crippen LogP contribution in [0.4, 0.5) is 0 Å². The number of amides is 1. The molecule has 114 valence electrons. The molecule has 0 atom stereocenters. The molecule has 0 unspecified atom stereocenters. The Bertz CT molecular complexity index is 397. The van der Waals surface area contributed by atoms with Crippen LogP contribution in [0.25, 0.3) is 0 Å². The molecular weight excluding hydrogens is 292 g/mol. The summed E-state index contributed by atoms with van der Waals surface area (Å²) in [4.78, 5) is 14.4. The van der Waals surface area contributed by atoms with Gasteiger partial charge < -0.3 is 10.6 Å². The first-order valence-corrected chi connectivity index (χ1v) is 8.23. The van der Waals surface area contributed by atoms with E-state index in [-0.39, 0.29) is 18.3 Å². The standard InChI is InChI=1S/C15H24N2OS.ClH/c1-2-8-16-9-10-17-15(18)14-11-12-6-4-3-5-7-13(12)19-14;/h11,16H,2-10H2,1H3,(H,17,18);1H. The summed E-state index contributed by atoms with van der Waals surface area (Å²) in [6, 6.07) is 2.11. The maximum Gasteiger partial charge on any atom is 0.261 e. The van der Waals surface area contributed by atoms with Gasteiger partial charge in [0.15, 0.2) is 0 Å². The average molecular weight is 317 g/mol. The van der Waals surface area contributed by atoms with E-state index in [0.29, 0.717) is 6.54 Å². The fourth-order valence-corrected chi connectivity index (χ4v) is 3.60. The molecule has 3 nitrogen and oxygen atoms in total. The van der Waals surface area contributed by atoms with Crippen LogP contribution in [-0.2, 0) is 12.8 Å². The summed E-state index contributed by atoms with van der Waals surface area (Å²) in [5.74, 6) is 0.0939. The molecule has 1 aliphatic carbocycles. The van der Waals surface area contributed by atoms with Crippen molar-refractivity contribution in [2.75, 3.05) is 19.6 Å². The lowest BCUT2D eigenvalue weighted by molar-refractivity contribution is 0.0958. The van der Waals surface area contributed by atoms with Gasteiger partial charge in [-0.1, -0.05) is 13.3 Å². The van der Waals surface area contributed by atoms with Crippen LogP contribution in [-0.4, -0.2) is 25.5 Å². The van der Waals surface area contributed by atoms with Gasteiger partial charge in [0.05, 0.1) is 4.88 Å². The van der Waals surface area contributed by atoms with E-state index in [4.69, 9.17) is 0 Å². The summed E-state index contributed by atoms with van der Waals surface area (Å²) in [7, 11) is 0. The number of aryl methyl sites for hydroxylation is 2. The van der Waals surface area contributed by atoms with E-state index in [0.717, 1.165) is 37.2 Å². The minimum atomic E-state index is 0. The maximum atomic E-state index is 12.1. The quantitative estimate of drug-likeness (QED) is 0.625. The summed E-state index contributed by atoms with van der Waals surface area (Å²) in [5, 5.41) is 6.28. The van der Waals surface area contributed by atoms with Crippen molar-refractivity contribution in [3.63, 3.8) is 0 Å². The Morgan fingerprint density at radius 1 is 1.20 bits per heavy atom. The van der Waals surface area contributed by atoms with Crippen molar-refractivity contribution in [3.8, 4) is 0 Å². The number of rotatable bonds is 6. The summed E-state index contributed by atoms with van der Waals surface area (Å²) in [6.45, 7) is 4.72. The highest BCUT2D eigenvalue weighted by Crippen LogP contribution is 2.28. The molecular formula is C15H25ClN2OS. The Morgan fingerprint density at radius 2 is 2.00 bits per heavy atom. The summed E-state index contributed by atoms with van der Waals surface area (Å²) in [5.41, 5.74) is 1.41. The van der Waals surface area contributed by atoms with Crippen molar-refractivity contribution >= 4 is 29.7 Å². The molecule has 1 amide bonds. The topological polar surface area (TPSA) is 41.1 Å². The third kappa shape index (κ3) is 5.08. The van der Waals surface area contributed by atoms with Crippen LogP contribution in [0.2, 0.25) is 0 Å². The van der Waals surface area contributed by atoms with Crippen LogP contribution >= 0.6 is 23.7 Å². The Morgan fingerprint density at radius 3 is 2.80 bits per heavy atom. The predicted octanol–water partition coefficient (Wildman–Crippen LogP) is 3.17. The smallest absolute Gasteiger partial charge is 0.261 e. The number of halogens is 1. The van der Waals surface area contributed by atoms with Gasteiger partial charge in [0.1, 0.15) is 0 Å². The molecule has 1 aromatic heterocycles. The van der Waals surface area contributed by atoms with Gasteiger partial charge in [-0.05, 0) is 50.3 Å². The van der Waals surface area contributed by atoms with Crippen LogP contribution in [0.3, 0.4) is 0 Å². The number of hydrogen-bond donors (Lipinski definition) is 2. The van der Waals surface area contributed by atoms with Crippen LogP contribution in [0.5, 0.6) is 0 Å². The van der Waals surface area contributed by atoms with Crippen molar-refractivity contribution in [1.82, 2.24) is 10.6 Å². The zero-order valence-electron chi connectivity index (χ0n) is 12.2. The molecule has 2 N–H and O–H groups in total. The highest BCUT2D eigenvalue weighted by Gasteiger charge is 2.15. The predicted molar refractivity (Wildman–Crippen MR) is 88.3 cm³/mol. The molecule has 0 bridgehead atoms. The molecule has 1 aliphatic rings. The first-order chi connectivity index (χ1) is 9.31. The lowest BCUT2D eigenvalue weighted by Gasteiger charge is -2.04. The molecule has 1 heterocycles. The second kappa shape index (κ2) is 9.37. The molecule has 1 aromatic rings. The molecule has 0 spiro atoms. The number of thiophene rings is 1. The molecule has 0 saturated carbocycles. The molecule has 20 heavy (non-hydrogen) atoms. The summed E-state index contributed by atoms with van der Waals surface area (Å²) < 4.78 is 0. The monoisotopic (exact) mass is 316 g/mol. The maximum absolute atomic E-state index is 12.1. The van der Waals surface area contributed by atoms with E-state index in [1.165, 1.54) is 29.7 Å². The normalized spacial score (nSPS) is 14.1. The second-order valence-electron chi connectivity index (χ2n) is 5.13.